The summed E-state index contributed by atoms with van der Waals surface area (Å²) < 4.78 is 0. The van der Waals surface area contributed by atoms with Gasteiger partial charge in [-0.3, -0.25) is 19.2 Å². The number of rotatable bonds is 19. The van der Waals surface area contributed by atoms with Crippen molar-refractivity contribution in [3.63, 3.8) is 0 Å². The van der Waals surface area contributed by atoms with Crippen LogP contribution >= 0.6 is 0 Å². The molecule has 17 heteroatoms. The molecule has 1 aromatic heterocycles. The lowest BCUT2D eigenvalue weighted by molar-refractivity contribution is -0.141. The summed E-state index contributed by atoms with van der Waals surface area (Å²) in [6.45, 7) is 0.0954. The molecule has 0 spiro atoms. The fourth-order valence-corrected chi connectivity index (χ4v) is 3.26. The van der Waals surface area contributed by atoms with Crippen molar-refractivity contribution in [1.82, 2.24) is 31.2 Å². The minimum atomic E-state index is -1.52. The third-order valence-corrected chi connectivity index (χ3v) is 5.27. The number of H-pyrrole nitrogens is 1. The Morgan fingerprint density at radius 1 is 0.769 bits per heavy atom. The van der Waals surface area contributed by atoms with Crippen LogP contribution in [-0.2, 0) is 35.2 Å². The number of unbranched alkanes of at least 4 members (excludes halogenated alkanes) is 1. The molecule has 0 unspecified atom stereocenters. The van der Waals surface area contributed by atoms with Gasteiger partial charge in [-0.05, 0) is 25.7 Å². The summed E-state index contributed by atoms with van der Waals surface area (Å²) in [4.78, 5) is 87.3. The first-order valence-corrected chi connectivity index (χ1v) is 11.9. The Bertz CT molecular complexity index is 1010. The van der Waals surface area contributed by atoms with E-state index in [0.717, 1.165) is 0 Å². The zero-order valence-electron chi connectivity index (χ0n) is 20.8. The molecule has 0 saturated heterocycles. The summed E-state index contributed by atoms with van der Waals surface area (Å²) in [6.07, 6.45) is 1.76. The minimum Gasteiger partial charge on any atom is -0.481 e. The van der Waals surface area contributed by atoms with Gasteiger partial charge in [0.15, 0.2) is 0 Å². The predicted octanol–water partition coefficient (Wildman–Crippen LogP) is -1.34. The molecular formula is C22H32N6O11. The van der Waals surface area contributed by atoms with Crippen molar-refractivity contribution in [3.05, 3.63) is 18.2 Å². The van der Waals surface area contributed by atoms with Crippen LogP contribution in [0.3, 0.4) is 0 Å². The molecule has 4 amide bonds. The van der Waals surface area contributed by atoms with E-state index in [2.05, 4.69) is 25.9 Å². The quantitative estimate of drug-likeness (QED) is 0.0895. The third kappa shape index (κ3) is 14.0. The molecule has 0 saturated carbocycles. The highest BCUT2D eigenvalue weighted by Gasteiger charge is 2.25. The zero-order valence-corrected chi connectivity index (χ0v) is 20.8. The Labute approximate surface area is 221 Å². The third-order valence-electron chi connectivity index (χ3n) is 5.27. The number of hydrogen-bond donors (Lipinski definition) is 9. The molecular weight excluding hydrogens is 524 g/mol. The number of carbonyl (C=O) groups is 7. The van der Waals surface area contributed by atoms with Gasteiger partial charge in [-0.15, -0.1) is 0 Å². The summed E-state index contributed by atoms with van der Waals surface area (Å²) in [5.41, 5.74) is 0.551. The molecule has 0 aliphatic heterocycles. The van der Waals surface area contributed by atoms with E-state index < -0.39 is 79.1 Å². The van der Waals surface area contributed by atoms with E-state index in [1.54, 1.807) is 0 Å². The second-order valence-corrected chi connectivity index (χ2v) is 8.41. The predicted molar refractivity (Wildman–Crippen MR) is 129 cm³/mol. The normalized spacial score (nSPS) is 12.8. The first-order valence-electron chi connectivity index (χ1n) is 11.9. The highest BCUT2D eigenvalue weighted by molar-refractivity contribution is 5.89. The van der Waals surface area contributed by atoms with Gasteiger partial charge in [0, 0.05) is 37.7 Å². The number of aromatic nitrogens is 2. The standard InChI is InChI=1S/C22H32N6O11/c29-16(5-7-18(32)33)26-15(9-12-10-23-11-25-12)19(34)24-8-2-1-3-13(20(35)36)27-22(39)28-14(21(37)38)4-6-17(30)31/h10-11,13-15H,1-9H2,(H,23,25)(H,24,34)(H,26,29)(H,30,31)(H,32,33)(H,35,36)(H,37,38)(H2,27,28,39)/t13-,14-,15+/m0/s1. The molecule has 39 heavy (non-hydrogen) atoms. The van der Waals surface area contributed by atoms with Crippen molar-refractivity contribution in [1.29, 1.82) is 0 Å². The van der Waals surface area contributed by atoms with Crippen molar-refractivity contribution >= 4 is 41.7 Å². The largest absolute Gasteiger partial charge is 0.481 e. The second kappa shape index (κ2) is 16.9. The second-order valence-electron chi connectivity index (χ2n) is 8.41. The van der Waals surface area contributed by atoms with E-state index in [9.17, 15) is 38.7 Å². The number of carboxylic acids is 4. The maximum Gasteiger partial charge on any atom is 0.326 e. The average molecular weight is 557 g/mol. The first-order chi connectivity index (χ1) is 18.4. The Morgan fingerprint density at radius 2 is 1.38 bits per heavy atom. The van der Waals surface area contributed by atoms with E-state index >= 15 is 0 Å². The molecule has 1 rings (SSSR count). The van der Waals surface area contributed by atoms with Crippen molar-refractivity contribution in [2.24, 2.45) is 0 Å². The van der Waals surface area contributed by atoms with Crippen LogP contribution in [0.5, 0.6) is 0 Å². The van der Waals surface area contributed by atoms with Gasteiger partial charge in [0.2, 0.25) is 11.8 Å². The van der Waals surface area contributed by atoms with Crippen LogP contribution in [0.2, 0.25) is 0 Å². The van der Waals surface area contributed by atoms with E-state index in [4.69, 9.17) is 15.3 Å². The van der Waals surface area contributed by atoms with Crippen LogP contribution in [0.25, 0.3) is 0 Å². The minimum absolute atomic E-state index is 0.0605. The molecule has 216 valence electrons. The van der Waals surface area contributed by atoms with Crippen molar-refractivity contribution in [2.45, 2.75) is 69.5 Å². The fraction of sp³-hybridized carbons (Fsp3) is 0.545. The van der Waals surface area contributed by atoms with Gasteiger partial charge in [0.05, 0.1) is 12.7 Å². The number of nitrogens with one attached hydrogen (secondary N) is 5. The number of amides is 4. The number of carbonyl (C=O) groups excluding carboxylic acids is 3. The lowest BCUT2D eigenvalue weighted by Crippen LogP contribution is -2.51. The molecule has 17 nitrogen and oxygen atoms in total. The van der Waals surface area contributed by atoms with Gasteiger partial charge >= 0.3 is 29.9 Å². The molecule has 0 fully saturated rings. The van der Waals surface area contributed by atoms with Crippen LogP contribution in [0.4, 0.5) is 4.79 Å². The van der Waals surface area contributed by atoms with Crippen molar-refractivity contribution in [3.8, 4) is 0 Å². The van der Waals surface area contributed by atoms with Crippen molar-refractivity contribution in [2.75, 3.05) is 6.54 Å². The summed E-state index contributed by atoms with van der Waals surface area (Å²) >= 11 is 0. The average Bonchev–Trinajstić information content (AvgIpc) is 3.36. The number of carboxylic acid groups (broad SMARTS) is 4. The number of aliphatic carboxylic acids is 4. The van der Waals surface area contributed by atoms with E-state index in [0.29, 0.717) is 12.1 Å². The van der Waals surface area contributed by atoms with Crippen molar-refractivity contribution < 1.29 is 54.0 Å². The maximum absolute atomic E-state index is 12.6. The molecule has 0 aromatic carbocycles. The summed E-state index contributed by atoms with van der Waals surface area (Å²) in [6, 6.07) is -5.01. The first kappa shape index (κ1) is 32.3. The molecule has 9 N–H and O–H groups in total. The lowest BCUT2D eigenvalue weighted by Gasteiger charge is -2.19. The summed E-state index contributed by atoms with van der Waals surface area (Å²) in [5, 5.41) is 45.1. The van der Waals surface area contributed by atoms with Gasteiger partial charge in [0.1, 0.15) is 18.1 Å². The Hall–Kier alpha value is -4.70. The van der Waals surface area contributed by atoms with Gasteiger partial charge in [-0.1, -0.05) is 0 Å². The summed E-state index contributed by atoms with van der Waals surface area (Å²) in [7, 11) is 0. The number of imidazole rings is 1. The number of aromatic amines is 1. The monoisotopic (exact) mass is 556 g/mol. The maximum atomic E-state index is 12.6. The molecule has 0 aliphatic carbocycles. The summed E-state index contributed by atoms with van der Waals surface area (Å²) in [5.74, 6) is -6.45. The Kier molecular flexibility index (Phi) is 14.0. The zero-order chi connectivity index (χ0) is 29.4. The lowest BCUT2D eigenvalue weighted by atomic mass is 10.1. The number of nitrogens with zero attached hydrogens (tertiary/aromatic N) is 1. The van der Waals surface area contributed by atoms with Crippen LogP contribution in [0.15, 0.2) is 12.5 Å². The van der Waals surface area contributed by atoms with E-state index in [-0.39, 0.29) is 32.2 Å². The Morgan fingerprint density at radius 3 is 1.92 bits per heavy atom. The van der Waals surface area contributed by atoms with Gasteiger partial charge in [-0.25, -0.2) is 19.4 Å². The van der Waals surface area contributed by atoms with E-state index in [1.165, 1.54) is 12.5 Å². The van der Waals surface area contributed by atoms with Gasteiger partial charge in [-0.2, -0.15) is 0 Å². The SMILES string of the molecule is O=C(O)CCC(=O)N[C@H](Cc1cnc[nH]1)C(=O)NCCCC[C@H](NC(=O)N[C@@H](CCC(=O)O)C(=O)O)C(=O)O. The van der Waals surface area contributed by atoms with Gasteiger partial charge < -0.3 is 46.7 Å². The number of hydrogen-bond acceptors (Lipinski definition) is 8. The molecule has 3 atom stereocenters. The van der Waals surface area contributed by atoms with Crippen LogP contribution in [-0.4, -0.2) is 96.8 Å². The smallest absolute Gasteiger partial charge is 0.326 e. The van der Waals surface area contributed by atoms with Crippen LogP contribution in [0.1, 0.15) is 50.6 Å². The van der Waals surface area contributed by atoms with E-state index in [1.807, 2.05) is 5.32 Å². The molecule has 0 aliphatic rings. The van der Waals surface area contributed by atoms with Gasteiger partial charge in [0.25, 0.3) is 0 Å². The Balaban J connectivity index is 2.54. The van der Waals surface area contributed by atoms with Crippen LogP contribution < -0.4 is 21.3 Å². The molecule has 1 aromatic rings. The highest BCUT2D eigenvalue weighted by Crippen LogP contribution is 2.04. The fourth-order valence-electron chi connectivity index (χ4n) is 3.26. The topological polar surface area (TPSA) is 277 Å². The molecule has 0 radical (unpaired) electrons. The number of urea groups is 1. The molecule has 0 bridgehead atoms. The molecule has 1 heterocycles. The van der Waals surface area contributed by atoms with Crippen LogP contribution in [0, 0.1) is 0 Å². The highest BCUT2D eigenvalue weighted by atomic mass is 16.4.